The molecule has 0 aliphatic rings. The van der Waals surface area contributed by atoms with Crippen molar-refractivity contribution >= 4 is 5.91 Å². The lowest BCUT2D eigenvalue weighted by Gasteiger charge is -2.09. The number of benzene rings is 1. The summed E-state index contributed by atoms with van der Waals surface area (Å²) in [6.07, 6.45) is 1.17. The van der Waals surface area contributed by atoms with E-state index in [0.717, 1.165) is 11.3 Å². The Morgan fingerprint density at radius 1 is 1.35 bits per heavy atom. The molecule has 0 fully saturated rings. The SMILES string of the molecule is CNNC(=O)CCCOc1cc(C)ccc1C. The molecule has 0 atom stereocenters. The number of aryl methyl sites for hydroxylation is 2. The first kappa shape index (κ1) is 13.5. The van der Waals surface area contributed by atoms with Crippen molar-refractivity contribution in [2.24, 2.45) is 0 Å². The molecule has 1 rings (SSSR count). The average Bonchev–Trinajstić information content (AvgIpc) is 2.29. The molecule has 0 radical (unpaired) electrons. The summed E-state index contributed by atoms with van der Waals surface area (Å²) in [5.41, 5.74) is 7.42. The summed E-state index contributed by atoms with van der Waals surface area (Å²) >= 11 is 0. The van der Waals surface area contributed by atoms with Gasteiger partial charge in [-0.1, -0.05) is 12.1 Å². The molecule has 0 aliphatic carbocycles. The summed E-state index contributed by atoms with van der Waals surface area (Å²) in [5.74, 6) is 0.885. The van der Waals surface area contributed by atoms with E-state index < -0.39 is 0 Å². The highest BCUT2D eigenvalue weighted by Crippen LogP contribution is 2.19. The molecule has 0 heterocycles. The number of hydrazine groups is 1. The van der Waals surface area contributed by atoms with Crippen molar-refractivity contribution in [3.63, 3.8) is 0 Å². The van der Waals surface area contributed by atoms with E-state index in [1.54, 1.807) is 7.05 Å². The van der Waals surface area contributed by atoms with Crippen molar-refractivity contribution in [2.45, 2.75) is 26.7 Å². The number of carbonyl (C=O) groups is 1. The summed E-state index contributed by atoms with van der Waals surface area (Å²) in [4.78, 5) is 11.1. The van der Waals surface area contributed by atoms with Gasteiger partial charge >= 0.3 is 0 Å². The van der Waals surface area contributed by atoms with E-state index >= 15 is 0 Å². The number of ether oxygens (including phenoxy) is 1. The van der Waals surface area contributed by atoms with Crippen LogP contribution in [0.5, 0.6) is 5.75 Å². The van der Waals surface area contributed by atoms with E-state index in [-0.39, 0.29) is 5.91 Å². The Balaban J connectivity index is 2.31. The molecule has 0 unspecified atom stereocenters. The van der Waals surface area contributed by atoms with Crippen LogP contribution in [0.3, 0.4) is 0 Å². The summed E-state index contributed by atoms with van der Waals surface area (Å²) in [7, 11) is 1.67. The van der Waals surface area contributed by atoms with E-state index in [2.05, 4.69) is 16.9 Å². The van der Waals surface area contributed by atoms with Gasteiger partial charge in [0, 0.05) is 13.5 Å². The molecule has 0 saturated carbocycles. The van der Waals surface area contributed by atoms with E-state index in [4.69, 9.17) is 4.74 Å². The van der Waals surface area contributed by atoms with Gasteiger partial charge in [-0.25, -0.2) is 5.43 Å². The molecule has 0 spiro atoms. The number of carbonyl (C=O) groups excluding carboxylic acids is 1. The van der Waals surface area contributed by atoms with Gasteiger partial charge in [0.2, 0.25) is 5.91 Å². The minimum atomic E-state index is -0.0166. The second kappa shape index (κ2) is 6.91. The zero-order valence-electron chi connectivity index (χ0n) is 10.7. The standard InChI is InChI=1S/C13H20N2O2/c1-10-6-7-11(2)12(9-10)17-8-4-5-13(16)15-14-3/h6-7,9,14H,4-5,8H2,1-3H3,(H,15,16). The molecule has 4 nitrogen and oxygen atoms in total. The number of hydrogen-bond donors (Lipinski definition) is 2. The fourth-order valence-electron chi connectivity index (χ4n) is 1.48. The average molecular weight is 236 g/mol. The zero-order chi connectivity index (χ0) is 12.7. The number of nitrogens with one attached hydrogen (secondary N) is 2. The van der Waals surface area contributed by atoms with Crippen molar-refractivity contribution in [1.29, 1.82) is 0 Å². The lowest BCUT2D eigenvalue weighted by atomic mass is 10.1. The van der Waals surface area contributed by atoms with Crippen LogP contribution in [-0.2, 0) is 4.79 Å². The van der Waals surface area contributed by atoms with Crippen molar-refractivity contribution in [1.82, 2.24) is 10.9 Å². The van der Waals surface area contributed by atoms with E-state index in [9.17, 15) is 4.79 Å². The molecule has 2 N–H and O–H groups in total. The summed E-state index contributed by atoms with van der Waals surface area (Å²) in [6.45, 7) is 4.61. The van der Waals surface area contributed by atoms with Crippen LogP contribution in [0.15, 0.2) is 18.2 Å². The Bertz CT molecular complexity index is 378. The Hall–Kier alpha value is -1.55. The van der Waals surface area contributed by atoms with Crippen LogP contribution < -0.4 is 15.6 Å². The highest BCUT2D eigenvalue weighted by atomic mass is 16.5. The van der Waals surface area contributed by atoms with Gasteiger partial charge in [0.1, 0.15) is 5.75 Å². The second-order valence-electron chi connectivity index (χ2n) is 4.02. The van der Waals surface area contributed by atoms with Gasteiger partial charge in [0.25, 0.3) is 0 Å². The largest absolute Gasteiger partial charge is 0.493 e. The van der Waals surface area contributed by atoms with Crippen molar-refractivity contribution in [3.05, 3.63) is 29.3 Å². The minimum absolute atomic E-state index is 0.0166. The highest BCUT2D eigenvalue weighted by molar-refractivity contribution is 5.75. The predicted octanol–water partition coefficient (Wildman–Crippen LogP) is 1.71. The first-order valence-electron chi connectivity index (χ1n) is 5.79. The van der Waals surface area contributed by atoms with Crippen LogP contribution in [0.2, 0.25) is 0 Å². The third-order valence-electron chi connectivity index (χ3n) is 2.41. The maximum Gasteiger partial charge on any atom is 0.234 e. The molecular weight excluding hydrogens is 216 g/mol. The highest BCUT2D eigenvalue weighted by Gasteiger charge is 2.02. The molecule has 0 aliphatic heterocycles. The van der Waals surface area contributed by atoms with Gasteiger partial charge in [-0.05, 0) is 37.5 Å². The number of hydrogen-bond acceptors (Lipinski definition) is 3. The van der Waals surface area contributed by atoms with Crippen LogP contribution in [0, 0.1) is 13.8 Å². The van der Waals surface area contributed by atoms with Crippen LogP contribution in [0.25, 0.3) is 0 Å². The fourth-order valence-corrected chi connectivity index (χ4v) is 1.48. The molecule has 1 aromatic carbocycles. The Morgan fingerprint density at radius 3 is 2.82 bits per heavy atom. The van der Waals surface area contributed by atoms with Gasteiger partial charge in [0.05, 0.1) is 6.61 Å². The zero-order valence-corrected chi connectivity index (χ0v) is 10.7. The Kier molecular flexibility index (Phi) is 5.49. The van der Waals surface area contributed by atoms with E-state index in [1.807, 2.05) is 26.0 Å². The van der Waals surface area contributed by atoms with Gasteiger partial charge < -0.3 is 4.74 Å². The normalized spacial score (nSPS) is 10.1. The molecule has 94 valence electrons. The smallest absolute Gasteiger partial charge is 0.234 e. The van der Waals surface area contributed by atoms with Gasteiger partial charge in [-0.15, -0.1) is 0 Å². The Morgan fingerprint density at radius 2 is 2.12 bits per heavy atom. The molecule has 4 heteroatoms. The second-order valence-corrected chi connectivity index (χ2v) is 4.02. The first-order valence-corrected chi connectivity index (χ1v) is 5.79. The molecular formula is C13H20N2O2. The lowest BCUT2D eigenvalue weighted by molar-refractivity contribution is -0.122. The van der Waals surface area contributed by atoms with E-state index in [0.29, 0.717) is 19.4 Å². The third-order valence-corrected chi connectivity index (χ3v) is 2.41. The molecule has 0 bridgehead atoms. The third kappa shape index (κ3) is 4.87. The molecule has 1 aromatic rings. The predicted molar refractivity (Wildman–Crippen MR) is 67.8 cm³/mol. The summed E-state index contributed by atoms with van der Waals surface area (Å²) in [5, 5.41) is 0. The topological polar surface area (TPSA) is 50.4 Å². The van der Waals surface area contributed by atoms with Crippen LogP contribution >= 0.6 is 0 Å². The molecule has 0 saturated heterocycles. The number of amides is 1. The lowest BCUT2D eigenvalue weighted by Crippen LogP contribution is -2.34. The van der Waals surface area contributed by atoms with Crippen molar-refractivity contribution in [3.8, 4) is 5.75 Å². The number of rotatable bonds is 6. The van der Waals surface area contributed by atoms with Crippen LogP contribution in [-0.4, -0.2) is 19.6 Å². The molecule has 0 aromatic heterocycles. The van der Waals surface area contributed by atoms with E-state index in [1.165, 1.54) is 5.56 Å². The quantitative estimate of drug-likeness (QED) is 0.584. The van der Waals surface area contributed by atoms with Gasteiger partial charge in [-0.2, -0.15) is 0 Å². The van der Waals surface area contributed by atoms with Crippen LogP contribution in [0.1, 0.15) is 24.0 Å². The minimum Gasteiger partial charge on any atom is -0.493 e. The van der Waals surface area contributed by atoms with Gasteiger partial charge in [-0.3, -0.25) is 10.2 Å². The molecule has 1 amide bonds. The monoisotopic (exact) mass is 236 g/mol. The maximum absolute atomic E-state index is 11.1. The fraction of sp³-hybridized carbons (Fsp3) is 0.462. The van der Waals surface area contributed by atoms with Crippen molar-refractivity contribution in [2.75, 3.05) is 13.7 Å². The van der Waals surface area contributed by atoms with Crippen LogP contribution in [0.4, 0.5) is 0 Å². The first-order chi connectivity index (χ1) is 8.13. The van der Waals surface area contributed by atoms with Gasteiger partial charge in [0.15, 0.2) is 0 Å². The summed E-state index contributed by atoms with van der Waals surface area (Å²) in [6, 6.07) is 6.12. The Labute approximate surface area is 102 Å². The summed E-state index contributed by atoms with van der Waals surface area (Å²) < 4.78 is 5.65. The van der Waals surface area contributed by atoms with Crippen molar-refractivity contribution < 1.29 is 9.53 Å². The molecule has 17 heavy (non-hydrogen) atoms. The maximum atomic E-state index is 11.1.